The van der Waals surface area contributed by atoms with Gasteiger partial charge in [-0.1, -0.05) is 30.3 Å². The Balaban J connectivity index is 1.75. The molecule has 1 aromatic heterocycles. The summed E-state index contributed by atoms with van der Waals surface area (Å²) >= 11 is 0. The molecule has 1 saturated heterocycles. The van der Waals surface area contributed by atoms with E-state index in [1.807, 2.05) is 41.6 Å². The van der Waals surface area contributed by atoms with E-state index in [0.717, 1.165) is 24.5 Å². The van der Waals surface area contributed by atoms with Crippen LogP contribution in [0.5, 0.6) is 0 Å². The number of benzene rings is 1. The van der Waals surface area contributed by atoms with Gasteiger partial charge in [0.15, 0.2) is 5.82 Å². The second-order valence-electron chi connectivity index (χ2n) is 6.35. The van der Waals surface area contributed by atoms with E-state index in [4.69, 9.17) is 0 Å². The van der Waals surface area contributed by atoms with Crippen molar-refractivity contribution >= 4 is 6.03 Å². The van der Waals surface area contributed by atoms with Gasteiger partial charge < -0.3 is 19.7 Å². The molecule has 7 heteroatoms. The highest BCUT2D eigenvalue weighted by Crippen LogP contribution is 2.25. The summed E-state index contributed by atoms with van der Waals surface area (Å²) in [4.78, 5) is 17.0. The van der Waals surface area contributed by atoms with Crippen LogP contribution in [0.3, 0.4) is 0 Å². The van der Waals surface area contributed by atoms with Gasteiger partial charge in [-0.15, -0.1) is 10.2 Å². The molecular weight excluding hydrogens is 304 g/mol. The molecule has 0 aliphatic carbocycles. The summed E-state index contributed by atoms with van der Waals surface area (Å²) in [6.07, 6.45) is 1.64. The Morgan fingerprint density at radius 3 is 2.67 bits per heavy atom. The molecule has 1 aliphatic rings. The summed E-state index contributed by atoms with van der Waals surface area (Å²) in [7, 11) is 3.97. The van der Waals surface area contributed by atoms with E-state index in [1.165, 1.54) is 0 Å². The number of nitrogens with one attached hydrogen (secondary N) is 1. The minimum absolute atomic E-state index is 0.0525. The largest absolute Gasteiger partial charge is 0.328 e. The lowest BCUT2D eigenvalue weighted by Crippen LogP contribution is -2.52. The fourth-order valence-electron chi connectivity index (χ4n) is 3.14. The zero-order valence-electron chi connectivity index (χ0n) is 14.4. The number of hydrogen-bond donors (Lipinski definition) is 1. The summed E-state index contributed by atoms with van der Waals surface area (Å²) in [6, 6.07) is 9.98. The number of likely N-dealkylation sites (N-methyl/N-ethyl adjacent to an activating group) is 1. The van der Waals surface area contributed by atoms with Gasteiger partial charge in [-0.3, -0.25) is 0 Å². The molecule has 24 heavy (non-hydrogen) atoms. The predicted molar refractivity (Wildman–Crippen MR) is 91.3 cm³/mol. The van der Waals surface area contributed by atoms with Crippen LogP contribution in [0.1, 0.15) is 30.4 Å². The summed E-state index contributed by atoms with van der Waals surface area (Å²) in [5.74, 6) is 0.744. The van der Waals surface area contributed by atoms with Crippen molar-refractivity contribution in [2.75, 3.05) is 26.7 Å². The molecule has 2 aromatic rings. The smallest absolute Gasteiger partial charge is 0.318 e. The number of urea groups is 1. The molecule has 2 heterocycles. The Hall–Kier alpha value is -2.41. The lowest BCUT2D eigenvalue weighted by Gasteiger charge is -2.40. The lowest BCUT2D eigenvalue weighted by molar-refractivity contribution is 0.107. The molecule has 0 saturated carbocycles. The summed E-state index contributed by atoms with van der Waals surface area (Å²) in [5.41, 5.74) is 1.16. The maximum Gasteiger partial charge on any atom is 0.318 e. The first kappa shape index (κ1) is 16.4. The zero-order chi connectivity index (χ0) is 17.1. The summed E-state index contributed by atoms with van der Waals surface area (Å²) in [5, 5.41) is 11.0. The predicted octanol–water partition coefficient (Wildman–Crippen LogP) is 1.57. The van der Waals surface area contributed by atoms with Crippen LogP contribution >= 0.6 is 0 Å². The van der Waals surface area contributed by atoms with Crippen molar-refractivity contribution in [1.29, 1.82) is 0 Å². The zero-order valence-corrected chi connectivity index (χ0v) is 14.4. The lowest BCUT2D eigenvalue weighted by atomic mass is 10.0. The molecule has 0 spiro atoms. The molecule has 1 N–H and O–H groups in total. The molecule has 2 amide bonds. The monoisotopic (exact) mass is 328 g/mol. The quantitative estimate of drug-likeness (QED) is 0.929. The Labute approximate surface area is 142 Å². The van der Waals surface area contributed by atoms with Crippen molar-refractivity contribution in [3.8, 4) is 0 Å². The van der Waals surface area contributed by atoms with Crippen LogP contribution in [0.15, 0.2) is 36.7 Å². The number of aryl methyl sites for hydroxylation is 1. The first-order valence-electron chi connectivity index (χ1n) is 8.20. The van der Waals surface area contributed by atoms with Crippen LogP contribution in [-0.2, 0) is 7.05 Å². The van der Waals surface area contributed by atoms with E-state index >= 15 is 0 Å². The standard InChI is InChI=1S/C17H24N6O/c1-13(16-20-18-12-22(16)3)19-17(24)23-10-9-21(2)11-15(23)14-7-5-4-6-8-14/h4-8,12-13,15H,9-11H2,1-3H3,(H,19,24)/t13-,15-/m1/s1. The minimum atomic E-state index is -0.193. The number of rotatable bonds is 3. The highest BCUT2D eigenvalue weighted by molar-refractivity contribution is 5.75. The van der Waals surface area contributed by atoms with Gasteiger partial charge in [-0.05, 0) is 19.5 Å². The second-order valence-corrected chi connectivity index (χ2v) is 6.35. The van der Waals surface area contributed by atoms with Crippen LogP contribution in [0.2, 0.25) is 0 Å². The number of amides is 2. The first-order chi connectivity index (χ1) is 11.6. The van der Waals surface area contributed by atoms with Gasteiger partial charge in [-0.25, -0.2) is 4.79 Å². The van der Waals surface area contributed by atoms with Crippen molar-refractivity contribution < 1.29 is 4.79 Å². The normalized spacial score (nSPS) is 20.0. The average molecular weight is 328 g/mol. The summed E-state index contributed by atoms with van der Waals surface area (Å²) in [6.45, 7) is 4.33. The Morgan fingerprint density at radius 1 is 1.25 bits per heavy atom. The number of hydrogen-bond acceptors (Lipinski definition) is 4. The van der Waals surface area contributed by atoms with Crippen LogP contribution in [-0.4, -0.2) is 57.3 Å². The van der Waals surface area contributed by atoms with Gasteiger partial charge >= 0.3 is 6.03 Å². The van der Waals surface area contributed by atoms with Crippen molar-refractivity contribution in [1.82, 2.24) is 29.9 Å². The molecule has 2 atom stereocenters. The van der Waals surface area contributed by atoms with E-state index in [2.05, 4.69) is 39.6 Å². The van der Waals surface area contributed by atoms with E-state index in [1.54, 1.807) is 6.33 Å². The van der Waals surface area contributed by atoms with Crippen LogP contribution in [0, 0.1) is 0 Å². The Morgan fingerprint density at radius 2 is 2.00 bits per heavy atom. The SMILES string of the molecule is C[C@@H](NC(=O)N1CCN(C)C[C@@H]1c1ccccc1)c1nncn1C. The van der Waals surface area contributed by atoms with Gasteiger partial charge in [-0.2, -0.15) is 0 Å². The Bertz CT molecular complexity index is 685. The molecule has 1 fully saturated rings. The molecule has 0 bridgehead atoms. The minimum Gasteiger partial charge on any atom is -0.328 e. The topological polar surface area (TPSA) is 66.3 Å². The molecule has 1 aromatic carbocycles. The second kappa shape index (κ2) is 7.00. The van der Waals surface area contributed by atoms with Gasteiger partial charge in [0.1, 0.15) is 6.33 Å². The molecule has 7 nitrogen and oxygen atoms in total. The van der Waals surface area contributed by atoms with Crippen LogP contribution < -0.4 is 5.32 Å². The first-order valence-corrected chi connectivity index (χ1v) is 8.20. The van der Waals surface area contributed by atoms with Crippen molar-refractivity contribution in [3.63, 3.8) is 0 Å². The van der Waals surface area contributed by atoms with Crippen molar-refractivity contribution in [3.05, 3.63) is 48.0 Å². The Kier molecular flexibility index (Phi) is 4.80. The number of carbonyl (C=O) groups excluding carboxylic acids is 1. The third-order valence-electron chi connectivity index (χ3n) is 4.50. The van der Waals surface area contributed by atoms with E-state index in [0.29, 0.717) is 6.54 Å². The van der Waals surface area contributed by atoms with Gasteiger partial charge in [0.2, 0.25) is 0 Å². The molecule has 0 radical (unpaired) electrons. The number of piperazine rings is 1. The number of nitrogens with zero attached hydrogens (tertiary/aromatic N) is 5. The molecule has 0 unspecified atom stereocenters. The summed E-state index contributed by atoms with van der Waals surface area (Å²) < 4.78 is 1.82. The highest BCUT2D eigenvalue weighted by atomic mass is 16.2. The van der Waals surface area contributed by atoms with Gasteiger partial charge in [0.25, 0.3) is 0 Å². The van der Waals surface area contributed by atoms with Gasteiger partial charge in [0, 0.05) is 26.7 Å². The average Bonchev–Trinajstić information content (AvgIpc) is 3.01. The van der Waals surface area contributed by atoms with Crippen molar-refractivity contribution in [2.24, 2.45) is 7.05 Å². The fraction of sp³-hybridized carbons (Fsp3) is 0.471. The van der Waals surface area contributed by atoms with E-state index in [9.17, 15) is 4.79 Å². The van der Waals surface area contributed by atoms with Crippen molar-refractivity contribution in [2.45, 2.75) is 19.0 Å². The van der Waals surface area contributed by atoms with E-state index in [-0.39, 0.29) is 18.1 Å². The number of carbonyl (C=O) groups is 1. The maximum absolute atomic E-state index is 12.8. The number of aromatic nitrogens is 3. The fourth-order valence-corrected chi connectivity index (χ4v) is 3.14. The van der Waals surface area contributed by atoms with Crippen LogP contribution in [0.4, 0.5) is 4.79 Å². The highest BCUT2D eigenvalue weighted by Gasteiger charge is 2.31. The van der Waals surface area contributed by atoms with Gasteiger partial charge in [0.05, 0.1) is 12.1 Å². The molecule has 3 rings (SSSR count). The third-order valence-corrected chi connectivity index (χ3v) is 4.50. The van der Waals surface area contributed by atoms with E-state index < -0.39 is 0 Å². The van der Waals surface area contributed by atoms with Crippen LogP contribution in [0.25, 0.3) is 0 Å². The molecule has 1 aliphatic heterocycles. The maximum atomic E-state index is 12.8. The molecule has 128 valence electrons. The molecular formula is C17H24N6O. The third kappa shape index (κ3) is 3.41.